The summed E-state index contributed by atoms with van der Waals surface area (Å²) in [6.45, 7) is 1.83. The second-order valence-corrected chi connectivity index (χ2v) is 5.43. The molecule has 0 aromatic heterocycles. The third kappa shape index (κ3) is 3.56. The molecular weight excluding hydrogens is 365 g/mol. The minimum atomic E-state index is -4.63. The number of anilines is 2. The van der Waals surface area contributed by atoms with E-state index in [1.165, 1.54) is 0 Å². The average Bonchev–Trinajstić information content (AvgIpc) is 2.42. The molecule has 8 heteroatoms. The van der Waals surface area contributed by atoms with Crippen molar-refractivity contribution in [3.8, 4) is 0 Å². The fourth-order valence-corrected chi connectivity index (χ4v) is 2.09. The van der Waals surface area contributed by atoms with Crippen molar-refractivity contribution < 1.29 is 18.1 Å². The van der Waals surface area contributed by atoms with Gasteiger partial charge in [-0.05, 0) is 42.8 Å². The van der Waals surface area contributed by atoms with Crippen LogP contribution in [0.15, 0.2) is 40.9 Å². The second-order valence-electron chi connectivity index (χ2n) is 4.58. The van der Waals surface area contributed by atoms with Gasteiger partial charge in [0.25, 0.3) is 5.69 Å². The average molecular weight is 375 g/mol. The molecule has 2 rings (SSSR count). The Bertz CT molecular complexity index is 733. The molecule has 0 unspecified atom stereocenters. The molecule has 0 bridgehead atoms. The highest BCUT2D eigenvalue weighted by Gasteiger charge is 2.33. The van der Waals surface area contributed by atoms with Gasteiger partial charge in [-0.1, -0.05) is 15.9 Å². The molecule has 0 atom stereocenters. The molecule has 0 saturated carbocycles. The van der Waals surface area contributed by atoms with E-state index in [2.05, 4.69) is 21.2 Å². The van der Waals surface area contributed by atoms with Gasteiger partial charge in [0, 0.05) is 16.2 Å². The predicted octanol–water partition coefficient (Wildman–Crippen LogP) is 5.43. The first kappa shape index (κ1) is 16.3. The zero-order chi connectivity index (χ0) is 16.5. The number of alkyl halides is 3. The van der Waals surface area contributed by atoms with Gasteiger partial charge < -0.3 is 5.32 Å². The first-order chi connectivity index (χ1) is 10.2. The summed E-state index contributed by atoms with van der Waals surface area (Å²) in [5, 5.41) is 13.8. The molecule has 0 heterocycles. The van der Waals surface area contributed by atoms with Crippen molar-refractivity contribution in [2.45, 2.75) is 13.1 Å². The van der Waals surface area contributed by atoms with Crippen molar-refractivity contribution in [1.29, 1.82) is 0 Å². The lowest BCUT2D eigenvalue weighted by atomic mass is 10.1. The van der Waals surface area contributed by atoms with Gasteiger partial charge in [-0.15, -0.1) is 0 Å². The molecule has 0 saturated heterocycles. The van der Waals surface area contributed by atoms with Crippen LogP contribution < -0.4 is 5.32 Å². The largest absolute Gasteiger partial charge is 0.416 e. The van der Waals surface area contributed by atoms with Gasteiger partial charge in [-0.25, -0.2) is 0 Å². The molecule has 0 fully saturated rings. The molecule has 22 heavy (non-hydrogen) atoms. The maximum Gasteiger partial charge on any atom is 0.416 e. The first-order valence-corrected chi connectivity index (χ1v) is 6.86. The zero-order valence-electron chi connectivity index (χ0n) is 11.2. The maximum atomic E-state index is 12.6. The normalized spacial score (nSPS) is 11.3. The first-order valence-electron chi connectivity index (χ1n) is 6.07. The summed E-state index contributed by atoms with van der Waals surface area (Å²) in [7, 11) is 0. The summed E-state index contributed by atoms with van der Waals surface area (Å²) in [5.74, 6) is 0. The van der Waals surface area contributed by atoms with Crippen LogP contribution in [0.1, 0.15) is 11.1 Å². The standard InChI is InChI=1S/C14H10BrF3N2O2/c1-8-6-10(3-4-11(8)15)19-12-5-2-9(14(16,17)18)7-13(12)20(21)22/h2-7,19H,1H3. The highest BCUT2D eigenvalue weighted by atomic mass is 79.9. The topological polar surface area (TPSA) is 55.2 Å². The molecule has 4 nitrogen and oxygen atoms in total. The number of halogens is 4. The van der Waals surface area contributed by atoms with E-state index in [9.17, 15) is 23.3 Å². The van der Waals surface area contributed by atoms with Crippen LogP contribution in [0, 0.1) is 17.0 Å². The van der Waals surface area contributed by atoms with Crippen molar-refractivity contribution in [3.63, 3.8) is 0 Å². The van der Waals surface area contributed by atoms with E-state index in [1.807, 2.05) is 6.92 Å². The Balaban J connectivity index is 2.42. The predicted molar refractivity (Wildman–Crippen MR) is 80.3 cm³/mol. The van der Waals surface area contributed by atoms with Crippen molar-refractivity contribution in [1.82, 2.24) is 0 Å². The summed E-state index contributed by atoms with van der Waals surface area (Å²) in [4.78, 5) is 10.2. The van der Waals surface area contributed by atoms with Crippen LogP contribution in [0.2, 0.25) is 0 Å². The molecule has 2 aromatic rings. The SMILES string of the molecule is Cc1cc(Nc2ccc(C(F)(F)F)cc2[N+](=O)[O-])ccc1Br. The number of nitrogens with zero attached hydrogens (tertiary/aromatic N) is 1. The van der Waals surface area contributed by atoms with Crippen LogP contribution in [-0.2, 0) is 6.18 Å². The third-order valence-corrected chi connectivity index (χ3v) is 3.85. The number of nitrogens with one attached hydrogen (secondary N) is 1. The zero-order valence-corrected chi connectivity index (χ0v) is 12.8. The second kappa shape index (κ2) is 5.96. The van der Waals surface area contributed by atoms with Gasteiger partial charge in [0.05, 0.1) is 10.5 Å². The number of benzene rings is 2. The molecule has 1 N–H and O–H groups in total. The fraction of sp³-hybridized carbons (Fsp3) is 0.143. The molecule has 0 aliphatic rings. The van der Waals surface area contributed by atoms with E-state index in [-0.39, 0.29) is 5.69 Å². The van der Waals surface area contributed by atoms with Gasteiger partial charge in [0.15, 0.2) is 0 Å². The Morgan fingerprint density at radius 2 is 1.86 bits per heavy atom. The lowest BCUT2D eigenvalue weighted by Crippen LogP contribution is -2.06. The monoisotopic (exact) mass is 374 g/mol. The van der Waals surface area contributed by atoms with Gasteiger partial charge in [-0.3, -0.25) is 10.1 Å². The fourth-order valence-electron chi connectivity index (χ4n) is 1.84. The number of hydrogen-bond donors (Lipinski definition) is 1. The Morgan fingerprint density at radius 3 is 2.41 bits per heavy atom. The molecule has 0 radical (unpaired) electrons. The van der Waals surface area contributed by atoms with Crippen LogP contribution in [0.3, 0.4) is 0 Å². The minimum absolute atomic E-state index is 0.000257. The van der Waals surface area contributed by atoms with Crippen LogP contribution in [0.4, 0.5) is 30.2 Å². The molecule has 0 amide bonds. The quantitative estimate of drug-likeness (QED) is 0.575. The molecule has 0 spiro atoms. The lowest BCUT2D eigenvalue weighted by Gasteiger charge is -2.11. The van der Waals surface area contributed by atoms with E-state index >= 15 is 0 Å². The van der Waals surface area contributed by atoms with E-state index < -0.39 is 22.4 Å². The van der Waals surface area contributed by atoms with Gasteiger partial charge >= 0.3 is 6.18 Å². The summed E-state index contributed by atoms with van der Waals surface area (Å²) in [5.41, 5.74) is -0.255. The van der Waals surface area contributed by atoms with E-state index in [4.69, 9.17) is 0 Å². The molecule has 0 aliphatic heterocycles. The lowest BCUT2D eigenvalue weighted by molar-refractivity contribution is -0.384. The number of aryl methyl sites for hydroxylation is 1. The Hall–Kier alpha value is -2.09. The van der Waals surface area contributed by atoms with Gasteiger partial charge in [0.1, 0.15) is 5.69 Å². The van der Waals surface area contributed by atoms with Crippen LogP contribution in [-0.4, -0.2) is 4.92 Å². The van der Waals surface area contributed by atoms with Gasteiger partial charge in [0.2, 0.25) is 0 Å². The van der Waals surface area contributed by atoms with Crippen molar-refractivity contribution in [2.75, 3.05) is 5.32 Å². The highest BCUT2D eigenvalue weighted by Crippen LogP contribution is 2.36. The van der Waals surface area contributed by atoms with Crippen LogP contribution in [0.25, 0.3) is 0 Å². The number of nitro benzene ring substituents is 1. The van der Waals surface area contributed by atoms with Crippen LogP contribution >= 0.6 is 15.9 Å². The summed E-state index contributed by atoms with van der Waals surface area (Å²) >= 11 is 3.32. The summed E-state index contributed by atoms with van der Waals surface area (Å²) in [6.07, 6.45) is -4.63. The Kier molecular flexibility index (Phi) is 4.41. The maximum absolute atomic E-state index is 12.6. The van der Waals surface area contributed by atoms with Crippen molar-refractivity contribution >= 4 is 33.0 Å². The summed E-state index contributed by atoms with van der Waals surface area (Å²) < 4.78 is 38.8. The number of nitro groups is 1. The Labute approximate surface area is 132 Å². The van der Waals surface area contributed by atoms with Crippen molar-refractivity contribution in [3.05, 3.63) is 62.1 Å². The van der Waals surface area contributed by atoms with Crippen molar-refractivity contribution in [2.24, 2.45) is 0 Å². The molecule has 116 valence electrons. The molecule has 2 aromatic carbocycles. The number of hydrogen-bond acceptors (Lipinski definition) is 3. The van der Waals surface area contributed by atoms with Crippen LogP contribution in [0.5, 0.6) is 0 Å². The van der Waals surface area contributed by atoms with E-state index in [0.717, 1.165) is 22.2 Å². The highest BCUT2D eigenvalue weighted by molar-refractivity contribution is 9.10. The van der Waals surface area contributed by atoms with E-state index in [1.54, 1.807) is 18.2 Å². The smallest absolute Gasteiger partial charge is 0.350 e. The molecule has 0 aliphatic carbocycles. The van der Waals surface area contributed by atoms with Gasteiger partial charge in [-0.2, -0.15) is 13.2 Å². The van der Waals surface area contributed by atoms with E-state index in [0.29, 0.717) is 11.8 Å². The Morgan fingerprint density at radius 1 is 1.18 bits per heavy atom. The summed E-state index contributed by atoms with van der Waals surface area (Å²) in [6, 6.07) is 7.52. The molecular formula is C14H10BrF3N2O2. The third-order valence-electron chi connectivity index (χ3n) is 2.96. The minimum Gasteiger partial charge on any atom is -0.350 e. The number of rotatable bonds is 3.